The molecular formula is C13H11BrN2O2S2. The molecule has 1 aliphatic rings. The Morgan fingerprint density at radius 3 is 3.05 bits per heavy atom. The molecule has 2 unspecified atom stereocenters. The number of benzene rings is 1. The Bertz CT molecular complexity index is 647. The van der Waals surface area contributed by atoms with Gasteiger partial charge in [0.25, 0.3) is 0 Å². The lowest BCUT2D eigenvalue weighted by atomic mass is 10.2. The third-order valence-electron chi connectivity index (χ3n) is 2.94. The van der Waals surface area contributed by atoms with Crippen molar-refractivity contribution in [2.75, 3.05) is 5.75 Å². The molecule has 1 aromatic carbocycles. The van der Waals surface area contributed by atoms with Crippen LogP contribution in [0.4, 0.5) is 0 Å². The highest BCUT2D eigenvalue weighted by atomic mass is 79.9. The first kappa shape index (κ1) is 14.1. The van der Waals surface area contributed by atoms with Gasteiger partial charge in [0.05, 0.1) is 4.88 Å². The van der Waals surface area contributed by atoms with Crippen LogP contribution in [0.5, 0.6) is 0 Å². The van der Waals surface area contributed by atoms with Gasteiger partial charge in [0.1, 0.15) is 16.4 Å². The van der Waals surface area contributed by atoms with Gasteiger partial charge < -0.3 is 5.11 Å². The van der Waals surface area contributed by atoms with E-state index in [1.165, 1.54) is 0 Å². The van der Waals surface area contributed by atoms with Gasteiger partial charge in [-0.15, -0.1) is 23.1 Å². The Hall–Kier alpha value is -0.890. The number of nitrogens with zero attached hydrogens (tertiary/aromatic N) is 1. The third kappa shape index (κ3) is 2.90. The predicted octanol–water partition coefficient (Wildman–Crippen LogP) is 3.36. The summed E-state index contributed by atoms with van der Waals surface area (Å²) in [5, 5.41) is 13.0. The largest absolute Gasteiger partial charge is 0.480 e. The van der Waals surface area contributed by atoms with E-state index in [1.807, 2.05) is 30.5 Å². The van der Waals surface area contributed by atoms with Crippen molar-refractivity contribution in [1.82, 2.24) is 10.3 Å². The molecule has 3 rings (SSSR count). The number of carboxylic acid groups (broad SMARTS) is 1. The number of thioether (sulfide) groups is 1. The van der Waals surface area contributed by atoms with Crippen LogP contribution in [0.15, 0.2) is 34.9 Å². The second-order valence-corrected chi connectivity index (χ2v) is 7.46. The average Bonchev–Trinajstić information content (AvgIpc) is 3.08. The molecular weight excluding hydrogens is 360 g/mol. The molecule has 1 aromatic heterocycles. The minimum absolute atomic E-state index is 0.0259. The van der Waals surface area contributed by atoms with Crippen molar-refractivity contribution in [1.29, 1.82) is 0 Å². The van der Waals surface area contributed by atoms with E-state index in [2.05, 4.69) is 26.2 Å². The highest BCUT2D eigenvalue weighted by Crippen LogP contribution is 2.38. The van der Waals surface area contributed by atoms with Crippen LogP contribution in [0.2, 0.25) is 0 Å². The molecule has 0 saturated carbocycles. The summed E-state index contributed by atoms with van der Waals surface area (Å²) in [6.07, 6.45) is 1.85. The molecule has 104 valence electrons. The number of hydrogen-bond donors (Lipinski definition) is 2. The number of carboxylic acids is 1. The minimum Gasteiger partial charge on any atom is -0.480 e. The highest BCUT2D eigenvalue weighted by Gasteiger charge is 2.31. The van der Waals surface area contributed by atoms with Gasteiger partial charge in [0, 0.05) is 16.4 Å². The van der Waals surface area contributed by atoms with Crippen molar-refractivity contribution in [2.45, 2.75) is 11.4 Å². The fourth-order valence-electron chi connectivity index (χ4n) is 1.94. The van der Waals surface area contributed by atoms with Crippen LogP contribution in [0.3, 0.4) is 0 Å². The van der Waals surface area contributed by atoms with E-state index < -0.39 is 12.0 Å². The summed E-state index contributed by atoms with van der Waals surface area (Å²) in [4.78, 5) is 16.5. The van der Waals surface area contributed by atoms with Gasteiger partial charge in [-0.25, -0.2) is 4.98 Å². The molecule has 2 heterocycles. The molecule has 0 aliphatic carbocycles. The number of aliphatic carboxylic acids is 1. The van der Waals surface area contributed by atoms with Crippen LogP contribution in [0.1, 0.15) is 10.4 Å². The first-order valence-electron chi connectivity index (χ1n) is 5.95. The molecule has 7 heteroatoms. The Balaban J connectivity index is 1.79. The van der Waals surface area contributed by atoms with E-state index in [0.29, 0.717) is 5.75 Å². The number of hydrogen-bond acceptors (Lipinski definition) is 5. The van der Waals surface area contributed by atoms with E-state index in [4.69, 9.17) is 5.11 Å². The summed E-state index contributed by atoms with van der Waals surface area (Å²) in [6.45, 7) is 0. The van der Waals surface area contributed by atoms with Crippen molar-refractivity contribution in [3.8, 4) is 10.4 Å². The van der Waals surface area contributed by atoms with Crippen LogP contribution in [0, 0.1) is 0 Å². The van der Waals surface area contributed by atoms with Crippen molar-refractivity contribution >= 4 is 45.0 Å². The number of nitrogens with one attached hydrogen (secondary N) is 1. The van der Waals surface area contributed by atoms with Gasteiger partial charge in [0.2, 0.25) is 0 Å². The zero-order valence-corrected chi connectivity index (χ0v) is 13.5. The average molecular weight is 371 g/mol. The van der Waals surface area contributed by atoms with Gasteiger partial charge in [-0.2, -0.15) is 0 Å². The second-order valence-electron chi connectivity index (χ2n) is 4.34. The van der Waals surface area contributed by atoms with E-state index in [1.54, 1.807) is 23.1 Å². The van der Waals surface area contributed by atoms with Crippen molar-refractivity contribution in [3.63, 3.8) is 0 Å². The number of halogens is 1. The molecule has 1 fully saturated rings. The lowest BCUT2D eigenvalue weighted by Gasteiger charge is -2.06. The van der Waals surface area contributed by atoms with Gasteiger partial charge >= 0.3 is 5.97 Å². The fourth-order valence-corrected chi connectivity index (χ4v) is 4.63. The molecule has 2 N–H and O–H groups in total. The van der Waals surface area contributed by atoms with Gasteiger partial charge in [0.15, 0.2) is 0 Å². The first-order valence-corrected chi connectivity index (χ1v) is 8.61. The molecule has 2 aromatic rings. The molecule has 0 bridgehead atoms. The quantitative estimate of drug-likeness (QED) is 0.867. The summed E-state index contributed by atoms with van der Waals surface area (Å²) in [6, 6.07) is 7.58. The predicted molar refractivity (Wildman–Crippen MR) is 85.0 cm³/mol. The van der Waals surface area contributed by atoms with Crippen LogP contribution in [-0.2, 0) is 4.79 Å². The lowest BCUT2D eigenvalue weighted by Crippen LogP contribution is -2.33. The number of thiazole rings is 1. The smallest absolute Gasteiger partial charge is 0.321 e. The maximum Gasteiger partial charge on any atom is 0.321 e. The van der Waals surface area contributed by atoms with Crippen molar-refractivity contribution < 1.29 is 9.90 Å². The molecule has 0 amide bonds. The molecule has 2 atom stereocenters. The third-order valence-corrected chi connectivity index (χ3v) is 5.91. The molecule has 0 radical (unpaired) electrons. The maximum absolute atomic E-state index is 10.9. The molecule has 1 aliphatic heterocycles. The fraction of sp³-hybridized carbons (Fsp3) is 0.231. The summed E-state index contributed by atoms with van der Waals surface area (Å²) < 4.78 is 1.03. The Labute approximate surface area is 132 Å². The number of aromatic nitrogens is 1. The van der Waals surface area contributed by atoms with Crippen LogP contribution in [-0.4, -0.2) is 27.9 Å². The van der Waals surface area contributed by atoms with Crippen LogP contribution in [0.25, 0.3) is 10.4 Å². The van der Waals surface area contributed by atoms with Crippen molar-refractivity contribution in [2.24, 2.45) is 0 Å². The molecule has 0 spiro atoms. The lowest BCUT2D eigenvalue weighted by molar-refractivity contribution is -0.138. The van der Waals surface area contributed by atoms with E-state index in [0.717, 1.165) is 19.9 Å². The minimum atomic E-state index is -0.802. The zero-order valence-electron chi connectivity index (χ0n) is 10.2. The Kier molecular flexibility index (Phi) is 4.11. The van der Waals surface area contributed by atoms with Crippen molar-refractivity contribution in [3.05, 3.63) is 39.9 Å². The number of rotatable bonds is 3. The summed E-state index contributed by atoms with van der Waals surface area (Å²) in [5.74, 6) is -0.227. The van der Waals surface area contributed by atoms with E-state index in [9.17, 15) is 4.79 Å². The highest BCUT2D eigenvalue weighted by molar-refractivity contribution is 9.10. The summed E-state index contributed by atoms with van der Waals surface area (Å²) in [7, 11) is 0. The van der Waals surface area contributed by atoms with E-state index in [-0.39, 0.29) is 5.37 Å². The summed E-state index contributed by atoms with van der Waals surface area (Å²) >= 11 is 6.65. The molecule has 1 saturated heterocycles. The standard InChI is InChI=1S/C13H11BrN2O2S2/c14-8-3-1-2-7(4-8)10-5-15-11(20-10)12-16-9(6-19-12)13(17)18/h1-5,9,12,16H,6H2,(H,17,18). The Morgan fingerprint density at radius 1 is 1.50 bits per heavy atom. The topological polar surface area (TPSA) is 62.2 Å². The molecule has 20 heavy (non-hydrogen) atoms. The summed E-state index contributed by atoms with van der Waals surface area (Å²) in [5.41, 5.74) is 1.11. The maximum atomic E-state index is 10.9. The zero-order chi connectivity index (χ0) is 14.1. The normalized spacial score (nSPS) is 22.1. The first-order chi connectivity index (χ1) is 9.63. The van der Waals surface area contributed by atoms with Gasteiger partial charge in [-0.3, -0.25) is 10.1 Å². The van der Waals surface area contributed by atoms with Crippen LogP contribution >= 0.6 is 39.0 Å². The SMILES string of the molecule is O=C(O)C1CSC(c2ncc(-c3cccc(Br)c3)s2)N1. The number of carbonyl (C=O) groups is 1. The molecule has 4 nitrogen and oxygen atoms in total. The van der Waals surface area contributed by atoms with Gasteiger partial charge in [-0.1, -0.05) is 28.1 Å². The monoisotopic (exact) mass is 370 g/mol. The van der Waals surface area contributed by atoms with E-state index >= 15 is 0 Å². The second kappa shape index (κ2) is 5.85. The van der Waals surface area contributed by atoms with Gasteiger partial charge in [-0.05, 0) is 17.7 Å². The van der Waals surface area contributed by atoms with Crippen LogP contribution < -0.4 is 5.32 Å². The Morgan fingerprint density at radius 2 is 2.35 bits per heavy atom.